The Bertz CT molecular complexity index is 465. The van der Waals surface area contributed by atoms with Gasteiger partial charge in [0.05, 0.1) is 0 Å². The van der Waals surface area contributed by atoms with Gasteiger partial charge >= 0.3 is 0 Å². The fourth-order valence-corrected chi connectivity index (χ4v) is 3.17. The summed E-state index contributed by atoms with van der Waals surface area (Å²) in [5.74, 6) is 0.205. The molecule has 20 heavy (non-hydrogen) atoms. The third-order valence-corrected chi connectivity index (χ3v) is 4.09. The maximum Gasteiger partial charge on any atom is 0.254 e. The number of carbonyl (C=O) groups is 1. The molecule has 1 aromatic carbocycles. The fourth-order valence-electron chi connectivity index (χ4n) is 3.17. The lowest BCUT2D eigenvalue weighted by Crippen LogP contribution is -2.49. The third kappa shape index (κ3) is 3.21. The molecule has 1 aliphatic rings. The second kappa shape index (κ2) is 6.40. The van der Waals surface area contributed by atoms with E-state index in [1.54, 1.807) is 0 Å². The first-order valence-corrected chi connectivity index (χ1v) is 7.62. The lowest BCUT2D eigenvalue weighted by Gasteiger charge is -2.35. The van der Waals surface area contributed by atoms with Crippen LogP contribution in [0.1, 0.15) is 40.4 Å². The first-order valence-electron chi connectivity index (χ1n) is 7.62. The Morgan fingerprint density at radius 3 is 2.10 bits per heavy atom. The van der Waals surface area contributed by atoms with Crippen LogP contribution in [0.4, 0.5) is 0 Å². The zero-order valence-electron chi connectivity index (χ0n) is 13.2. The van der Waals surface area contributed by atoms with Crippen LogP contribution in [0.25, 0.3) is 0 Å². The predicted octanol–water partition coefficient (Wildman–Crippen LogP) is 2.78. The maximum absolute atomic E-state index is 12.7. The van der Waals surface area contributed by atoms with Crippen molar-refractivity contribution in [3.05, 3.63) is 34.4 Å². The van der Waals surface area contributed by atoms with Gasteiger partial charge in [0.1, 0.15) is 0 Å². The number of rotatable bonds is 3. The molecule has 0 spiro atoms. The van der Waals surface area contributed by atoms with E-state index < -0.39 is 0 Å². The van der Waals surface area contributed by atoms with Gasteiger partial charge in [0.15, 0.2) is 0 Å². The Balaban J connectivity index is 2.10. The smallest absolute Gasteiger partial charge is 0.254 e. The minimum Gasteiger partial charge on any atom is -0.336 e. The summed E-state index contributed by atoms with van der Waals surface area (Å²) in [6.45, 7) is 13.2. The SMILES string of the molecule is CCCN1CCN(C(=O)c2c(C)cc(C)cc2C)CC1. The number of nitrogens with zero attached hydrogens (tertiary/aromatic N) is 2. The molecule has 1 fully saturated rings. The summed E-state index contributed by atoms with van der Waals surface area (Å²) in [6, 6.07) is 4.21. The van der Waals surface area contributed by atoms with Crippen molar-refractivity contribution in [2.24, 2.45) is 0 Å². The molecule has 0 radical (unpaired) electrons. The molecule has 1 aliphatic heterocycles. The van der Waals surface area contributed by atoms with Crippen molar-refractivity contribution in [1.82, 2.24) is 9.80 Å². The highest BCUT2D eigenvalue weighted by molar-refractivity contribution is 5.97. The number of hydrogen-bond acceptors (Lipinski definition) is 2. The Kier molecular flexibility index (Phi) is 4.81. The molecule has 1 saturated heterocycles. The van der Waals surface area contributed by atoms with Gasteiger partial charge in [-0.25, -0.2) is 0 Å². The predicted molar refractivity (Wildman–Crippen MR) is 83.3 cm³/mol. The van der Waals surface area contributed by atoms with Crippen LogP contribution in [0.2, 0.25) is 0 Å². The molecule has 0 N–H and O–H groups in total. The molecule has 110 valence electrons. The lowest BCUT2D eigenvalue weighted by atomic mass is 9.98. The van der Waals surface area contributed by atoms with Crippen molar-refractivity contribution in [2.45, 2.75) is 34.1 Å². The van der Waals surface area contributed by atoms with E-state index in [1.165, 1.54) is 12.0 Å². The zero-order chi connectivity index (χ0) is 14.7. The summed E-state index contributed by atoms with van der Waals surface area (Å²) in [7, 11) is 0. The van der Waals surface area contributed by atoms with E-state index in [9.17, 15) is 4.79 Å². The molecule has 3 nitrogen and oxygen atoms in total. The van der Waals surface area contributed by atoms with Crippen molar-refractivity contribution < 1.29 is 4.79 Å². The van der Waals surface area contributed by atoms with Crippen LogP contribution in [-0.2, 0) is 0 Å². The van der Waals surface area contributed by atoms with Gasteiger partial charge in [-0.05, 0) is 44.9 Å². The summed E-state index contributed by atoms with van der Waals surface area (Å²) in [5, 5.41) is 0. The molecule has 0 unspecified atom stereocenters. The maximum atomic E-state index is 12.7. The monoisotopic (exact) mass is 274 g/mol. The van der Waals surface area contributed by atoms with Gasteiger partial charge in [0.2, 0.25) is 0 Å². The molecule has 1 amide bonds. The van der Waals surface area contributed by atoms with Crippen LogP contribution in [-0.4, -0.2) is 48.4 Å². The van der Waals surface area contributed by atoms with Gasteiger partial charge in [0, 0.05) is 31.7 Å². The summed E-state index contributed by atoms with van der Waals surface area (Å²) in [6.07, 6.45) is 1.18. The van der Waals surface area contributed by atoms with Crippen molar-refractivity contribution in [2.75, 3.05) is 32.7 Å². The van der Waals surface area contributed by atoms with Crippen LogP contribution in [0.15, 0.2) is 12.1 Å². The first kappa shape index (κ1) is 15.0. The number of amides is 1. The number of benzene rings is 1. The molecule has 1 heterocycles. The molecule has 2 rings (SSSR count). The highest BCUT2D eigenvalue weighted by atomic mass is 16.2. The molecule has 1 aromatic rings. The van der Waals surface area contributed by atoms with Crippen molar-refractivity contribution in [3.63, 3.8) is 0 Å². The average molecular weight is 274 g/mol. The number of carbonyl (C=O) groups excluding carboxylic acids is 1. The molecule has 3 heteroatoms. The Morgan fingerprint density at radius 1 is 1.05 bits per heavy atom. The van der Waals surface area contributed by atoms with Gasteiger partial charge in [-0.2, -0.15) is 0 Å². The minimum atomic E-state index is 0.205. The van der Waals surface area contributed by atoms with Gasteiger partial charge in [-0.1, -0.05) is 24.6 Å². The highest BCUT2D eigenvalue weighted by Gasteiger charge is 2.23. The number of hydrogen-bond donors (Lipinski definition) is 0. The molecule has 0 atom stereocenters. The van der Waals surface area contributed by atoms with Gasteiger partial charge in [-0.15, -0.1) is 0 Å². The standard InChI is InChI=1S/C17H26N2O/c1-5-6-18-7-9-19(10-8-18)17(20)16-14(3)11-13(2)12-15(16)4/h11-12H,5-10H2,1-4H3. The van der Waals surface area contributed by atoms with Crippen molar-refractivity contribution in [3.8, 4) is 0 Å². The minimum absolute atomic E-state index is 0.205. The zero-order valence-corrected chi connectivity index (χ0v) is 13.2. The highest BCUT2D eigenvalue weighted by Crippen LogP contribution is 2.19. The van der Waals surface area contributed by atoms with Crippen molar-refractivity contribution >= 4 is 5.91 Å². The Morgan fingerprint density at radius 2 is 1.60 bits per heavy atom. The number of aryl methyl sites for hydroxylation is 3. The molecule has 0 bridgehead atoms. The van der Waals surface area contributed by atoms with E-state index in [1.807, 2.05) is 18.7 Å². The van der Waals surface area contributed by atoms with E-state index in [-0.39, 0.29) is 5.91 Å². The van der Waals surface area contributed by atoms with E-state index in [2.05, 4.69) is 30.9 Å². The average Bonchev–Trinajstić information content (AvgIpc) is 2.38. The molecular formula is C17H26N2O. The van der Waals surface area contributed by atoms with E-state index in [0.717, 1.165) is 49.4 Å². The summed E-state index contributed by atoms with van der Waals surface area (Å²) >= 11 is 0. The second-order valence-corrected chi connectivity index (χ2v) is 5.91. The van der Waals surface area contributed by atoms with E-state index in [4.69, 9.17) is 0 Å². The van der Waals surface area contributed by atoms with Gasteiger partial charge in [0.25, 0.3) is 5.91 Å². The van der Waals surface area contributed by atoms with Crippen LogP contribution in [0.5, 0.6) is 0 Å². The van der Waals surface area contributed by atoms with Crippen LogP contribution >= 0.6 is 0 Å². The Hall–Kier alpha value is -1.35. The summed E-state index contributed by atoms with van der Waals surface area (Å²) in [5.41, 5.74) is 4.33. The normalized spacial score (nSPS) is 16.5. The first-order chi connectivity index (χ1) is 9.52. The summed E-state index contributed by atoms with van der Waals surface area (Å²) in [4.78, 5) is 17.2. The molecular weight excluding hydrogens is 248 g/mol. The summed E-state index contributed by atoms with van der Waals surface area (Å²) < 4.78 is 0. The van der Waals surface area contributed by atoms with Crippen LogP contribution < -0.4 is 0 Å². The van der Waals surface area contributed by atoms with Crippen molar-refractivity contribution in [1.29, 1.82) is 0 Å². The van der Waals surface area contributed by atoms with E-state index in [0.29, 0.717) is 0 Å². The fraction of sp³-hybridized carbons (Fsp3) is 0.588. The quantitative estimate of drug-likeness (QED) is 0.846. The van der Waals surface area contributed by atoms with E-state index >= 15 is 0 Å². The molecule has 0 aromatic heterocycles. The van der Waals surface area contributed by atoms with Crippen LogP contribution in [0, 0.1) is 20.8 Å². The van der Waals surface area contributed by atoms with Gasteiger partial charge < -0.3 is 4.90 Å². The Labute approximate surface area is 122 Å². The second-order valence-electron chi connectivity index (χ2n) is 5.91. The topological polar surface area (TPSA) is 23.6 Å². The lowest BCUT2D eigenvalue weighted by molar-refractivity contribution is 0.0636. The molecule has 0 aliphatic carbocycles. The molecule has 0 saturated carbocycles. The number of piperazine rings is 1. The van der Waals surface area contributed by atoms with Gasteiger partial charge in [-0.3, -0.25) is 9.69 Å². The van der Waals surface area contributed by atoms with Crippen LogP contribution in [0.3, 0.4) is 0 Å². The largest absolute Gasteiger partial charge is 0.336 e. The third-order valence-electron chi connectivity index (χ3n) is 4.09.